The van der Waals surface area contributed by atoms with Gasteiger partial charge in [-0.1, -0.05) is 18.2 Å². The van der Waals surface area contributed by atoms with E-state index in [1.165, 1.54) is 18.2 Å². The van der Waals surface area contributed by atoms with Gasteiger partial charge in [-0.05, 0) is 43.2 Å². The van der Waals surface area contributed by atoms with E-state index >= 15 is 0 Å². The first kappa shape index (κ1) is 23.0. The monoisotopic (exact) mass is 435 g/mol. The maximum Gasteiger partial charge on any atom is 0.262 e. The number of guanidine groups is 1. The van der Waals surface area contributed by atoms with Crippen LogP contribution in [0, 0.1) is 19.3 Å². The van der Waals surface area contributed by atoms with Crippen LogP contribution in [0.2, 0.25) is 0 Å². The lowest BCUT2D eigenvalue weighted by Crippen LogP contribution is -2.34. The highest BCUT2D eigenvalue weighted by molar-refractivity contribution is 7.92. The smallest absolute Gasteiger partial charge is 0.262 e. The Morgan fingerprint density at radius 2 is 1.97 bits per heavy atom. The molecule has 0 spiro atoms. The summed E-state index contributed by atoms with van der Waals surface area (Å²) in [7, 11) is -3.91. The number of benzene rings is 2. The van der Waals surface area contributed by atoms with Crippen molar-refractivity contribution in [2.75, 3.05) is 17.9 Å². The molecule has 0 saturated heterocycles. The molecule has 162 valence electrons. The Hall–Kier alpha value is -3.31. The number of amides is 1. The number of hydrogen-bond donors (Lipinski definition) is 6. The Labute approximate surface area is 175 Å². The van der Waals surface area contributed by atoms with Gasteiger partial charge in [0.25, 0.3) is 10.0 Å². The van der Waals surface area contributed by atoms with Crippen LogP contribution >= 0.6 is 0 Å². The minimum absolute atomic E-state index is 0.0149. The van der Waals surface area contributed by atoms with E-state index < -0.39 is 15.9 Å². The van der Waals surface area contributed by atoms with Crippen molar-refractivity contribution in [3.8, 4) is 5.75 Å². The van der Waals surface area contributed by atoms with E-state index in [0.717, 1.165) is 5.56 Å². The lowest BCUT2D eigenvalue weighted by atomic mass is 10.0. The number of carbonyl (C=O) groups excluding carboxylic acids is 1. The van der Waals surface area contributed by atoms with Gasteiger partial charge in [0.1, 0.15) is 5.75 Å². The van der Waals surface area contributed by atoms with Crippen molar-refractivity contribution in [1.29, 1.82) is 5.41 Å². The van der Waals surface area contributed by atoms with Crippen LogP contribution in [0.15, 0.2) is 41.3 Å². The average molecular weight is 436 g/mol. The molecular formula is C19H25N5O5S. The van der Waals surface area contributed by atoms with Crippen molar-refractivity contribution in [2.24, 2.45) is 5.73 Å². The number of anilines is 1. The first-order valence-corrected chi connectivity index (χ1v) is 10.5. The molecule has 0 fully saturated rings. The minimum Gasteiger partial charge on any atom is -0.505 e. The molecule has 11 heteroatoms. The lowest BCUT2D eigenvalue weighted by Gasteiger charge is -2.15. The molecule has 2 aromatic carbocycles. The molecule has 30 heavy (non-hydrogen) atoms. The maximum absolute atomic E-state index is 12.6. The molecule has 7 N–H and O–H groups in total. The molecule has 0 aliphatic carbocycles. The number of phenolic OH excluding ortho intramolecular Hbond substituents is 1. The SMILES string of the molecule is Cc1cccc(S(=O)(=O)Nc2ccc(C)c(CC(=O)NCCONC(=N)N)c2O)c1. The third-order valence-electron chi connectivity index (χ3n) is 4.11. The fraction of sp³-hybridized carbons (Fsp3) is 0.263. The number of carbonyl (C=O) groups is 1. The van der Waals surface area contributed by atoms with Crippen molar-refractivity contribution >= 4 is 27.6 Å². The Kier molecular flexibility index (Phi) is 7.61. The van der Waals surface area contributed by atoms with Crippen LogP contribution in [-0.2, 0) is 26.1 Å². The van der Waals surface area contributed by atoms with Crippen LogP contribution in [0.3, 0.4) is 0 Å². The van der Waals surface area contributed by atoms with Gasteiger partial charge in [0.15, 0.2) is 0 Å². The first-order chi connectivity index (χ1) is 14.1. The van der Waals surface area contributed by atoms with Gasteiger partial charge >= 0.3 is 0 Å². The zero-order valence-electron chi connectivity index (χ0n) is 16.7. The summed E-state index contributed by atoms with van der Waals surface area (Å²) in [4.78, 5) is 17.1. The second-order valence-electron chi connectivity index (χ2n) is 6.57. The van der Waals surface area contributed by atoms with Crippen molar-refractivity contribution in [3.63, 3.8) is 0 Å². The number of rotatable bonds is 9. The summed E-state index contributed by atoms with van der Waals surface area (Å²) in [5, 5.41) is 20.1. The molecule has 0 saturated carbocycles. The number of aryl methyl sites for hydroxylation is 2. The van der Waals surface area contributed by atoms with Gasteiger partial charge in [0.05, 0.1) is 23.6 Å². The second-order valence-corrected chi connectivity index (χ2v) is 8.25. The normalized spacial score (nSPS) is 11.0. The quantitative estimate of drug-likeness (QED) is 0.112. The molecule has 0 aliphatic rings. The summed E-state index contributed by atoms with van der Waals surface area (Å²) in [6.07, 6.45) is -0.155. The molecule has 2 rings (SSSR count). The number of nitrogens with two attached hydrogens (primary N) is 1. The van der Waals surface area contributed by atoms with Gasteiger partial charge in [-0.25, -0.2) is 13.9 Å². The topological polar surface area (TPSA) is 167 Å². The molecule has 0 radical (unpaired) electrons. The van der Waals surface area contributed by atoms with E-state index in [9.17, 15) is 18.3 Å². The largest absolute Gasteiger partial charge is 0.505 e. The van der Waals surface area contributed by atoms with Gasteiger partial charge < -0.3 is 16.2 Å². The highest BCUT2D eigenvalue weighted by Crippen LogP contribution is 2.32. The summed E-state index contributed by atoms with van der Waals surface area (Å²) in [5.74, 6) is -1.05. The van der Waals surface area contributed by atoms with Crippen molar-refractivity contribution in [2.45, 2.75) is 25.2 Å². The Balaban J connectivity index is 2.09. The van der Waals surface area contributed by atoms with Crippen LogP contribution in [0.4, 0.5) is 5.69 Å². The summed E-state index contributed by atoms with van der Waals surface area (Å²) in [6, 6.07) is 9.45. The summed E-state index contributed by atoms with van der Waals surface area (Å²) in [6.45, 7) is 3.71. The minimum atomic E-state index is -3.91. The summed E-state index contributed by atoms with van der Waals surface area (Å²) < 4.78 is 27.6. The number of nitrogens with one attached hydrogen (secondary N) is 4. The van der Waals surface area contributed by atoms with Gasteiger partial charge in [-0.3, -0.25) is 19.8 Å². The van der Waals surface area contributed by atoms with Gasteiger partial charge in [-0.2, -0.15) is 0 Å². The molecular weight excluding hydrogens is 410 g/mol. The van der Waals surface area contributed by atoms with E-state index in [0.29, 0.717) is 11.1 Å². The van der Waals surface area contributed by atoms with E-state index in [-0.39, 0.29) is 41.9 Å². The van der Waals surface area contributed by atoms with Crippen LogP contribution < -0.4 is 21.3 Å². The van der Waals surface area contributed by atoms with Crippen molar-refractivity contribution < 1.29 is 23.2 Å². The zero-order chi connectivity index (χ0) is 22.3. The van der Waals surface area contributed by atoms with Gasteiger partial charge in [0.2, 0.25) is 11.9 Å². The third kappa shape index (κ3) is 6.36. The molecule has 0 unspecified atom stereocenters. The number of hydroxylamine groups is 1. The third-order valence-corrected chi connectivity index (χ3v) is 5.47. The molecule has 0 bridgehead atoms. The number of aromatic hydroxyl groups is 1. The molecule has 1 amide bonds. The van der Waals surface area contributed by atoms with Crippen LogP contribution in [-0.4, -0.2) is 38.5 Å². The lowest BCUT2D eigenvalue weighted by molar-refractivity contribution is -0.120. The molecule has 0 atom stereocenters. The molecule has 10 nitrogen and oxygen atoms in total. The summed E-state index contributed by atoms with van der Waals surface area (Å²) >= 11 is 0. The average Bonchev–Trinajstić information content (AvgIpc) is 2.67. The fourth-order valence-corrected chi connectivity index (χ4v) is 3.79. The maximum atomic E-state index is 12.6. The predicted molar refractivity (Wildman–Crippen MR) is 113 cm³/mol. The highest BCUT2D eigenvalue weighted by atomic mass is 32.2. The van der Waals surface area contributed by atoms with E-state index in [1.807, 2.05) is 0 Å². The van der Waals surface area contributed by atoms with E-state index in [2.05, 4.69) is 15.5 Å². The Morgan fingerprint density at radius 3 is 2.63 bits per heavy atom. The standard InChI is InChI=1S/C19H25N5O5S/c1-12-4-3-5-14(10-12)30(27,28)24-16-7-6-13(2)15(18(16)26)11-17(25)22-8-9-29-23-19(20)21/h3-7,10,24,26H,8-9,11H2,1-2H3,(H,22,25)(H4,20,21,23). The van der Waals surface area contributed by atoms with E-state index in [1.54, 1.807) is 32.0 Å². The predicted octanol–water partition coefficient (Wildman–Crippen LogP) is 0.883. The number of phenols is 1. The van der Waals surface area contributed by atoms with Crippen LogP contribution in [0.25, 0.3) is 0 Å². The molecule has 2 aromatic rings. The van der Waals surface area contributed by atoms with Gasteiger partial charge in [0, 0.05) is 12.1 Å². The van der Waals surface area contributed by atoms with Crippen LogP contribution in [0.1, 0.15) is 16.7 Å². The molecule has 0 aliphatic heterocycles. The van der Waals surface area contributed by atoms with Crippen molar-refractivity contribution in [1.82, 2.24) is 10.8 Å². The molecule has 0 heterocycles. The highest BCUT2D eigenvalue weighted by Gasteiger charge is 2.19. The molecule has 0 aromatic heterocycles. The van der Waals surface area contributed by atoms with Crippen molar-refractivity contribution in [3.05, 3.63) is 53.1 Å². The number of hydrogen-bond acceptors (Lipinski definition) is 6. The Bertz CT molecular complexity index is 1040. The van der Waals surface area contributed by atoms with Gasteiger partial charge in [-0.15, -0.1) is 0 Å². The number of sulfonamides is 1. The van der Waals surface area contributed by atoms with Crippen LogP contribution in [0.5, 0.6) is 5.75 Å². The van der Waals surface area contributed by atoms with E-state index in [4.69, 9.17) is 16.0 Å². The second kappa shape index (κ2) is 9.94. The summed E-state index contributed by atoms with van der Waals surface area (Å²) in [5.41, 5.74) is 8.90. The zero-order valence-corrected chi connectivity index (χ0v) is 17.5. The Morgan fingerprint density at radius 1 is 1.23 bits per heavy atom. The fourth-order valence-electron chi connectivity index (χ4n) is 2.62. The first-order valence-electron chi connectivity index (χ1n) is 8.99.